The lowest BCUT2D eigenvalue weighted by molar-refractivity contribution is 0.288. The van der Waals surface area contributed by atoms with Crippen molar-refractivity contribution in [3.8, 4) is 0 Å². The van der Waals surface area contributed by atoms with E-state index in [9.17, 15) is 0 Å². The summed E-state index contributed by atoms with van der Waals surface area (Å²) >= 11 is 0. The molecule has 0 aliphatic rings. The van der Waals surface area contributed by atoms with Gasteiger partial charge in [-0.3, -0.25) is 0 Å². The Bertz CT molecular complexity index is 133. The number of allylic oxidation sites excluding steroid dienone is 1. The fraction of sp³-hybridized carbons (Fsp3) is 0.778. The SMILES string of the molecule is CC(=CC(C)(C)N)CCCO. The highest BCUT2D eigenvalue weighted by Gasteiger charge is 2.05. The first kappa shape index (κ1) is 10.7. The van der Waals surface area contributed by atoms with Crippen molar-refractivity contribution < 1.29 is 5.11 Å². The molecule has 66 valence electrons. The van der Waals surface area contributed by atoms with Crippen molar-refractivity contribution in [3.63, 3.8) is 0 Å². The summed E-state index contributed by atoms with van der Waals surface area (Å²) in [5.41, 5.74) is 6.80. The molecule has 0 aromatic carbocycles. The molecule has 0 spiro atoms. The molecule has 0 radical (unpaired) electrons. The maximum atomic E-state index is 8.55. The molecule has 2 heteroatoms. The van der Waals surface area contributed by atoms with Crippen LogP contribution in [0.2, 0.25) is 0 Å². The highest BCUT2D eigenvalue weighted by atomic mass is 16.2. The molecule has 0 aromatic heterocycles. The van der Waals surface area contributed by atoms with Gasteiger partial charge in [-0.2, -0.15) is 0 Å². The standard InChI is InChI=1S/C9H19NO/c1-8(5-4-6-11)7-9(2,3)10/h7,11H,4-6,10H2,1-3H3. The molecule has 11 heavy (non-hydrogen) atoms. The third-order valence-electron chi connectivity index (χ3n) is 1.35. The van der Waals surface area contributed by atoms with Crippen LogP contribution in [0, 0.1) is 0 Å². The summed E-state index contributed by atoms with van der Waals surface area (Å²) in [7, 11) is 0. The predicted molar refractivity (Wildman–Crippen MR) is 48.3 cm³/mol. The van der Waals surface area contributed by atoms with Crippen LogP contribution in [0.3, 0.4) is 0 Å². The van der Waals surface area contributed by atoms with Crippen LogP contribution in [0.15, 0.2) is 11.6 Å². The maximum Gasteiger partial charge on any atom is 0.0434 e. The van der Waals surface area contributed by atoms with E-state index < -0.39 is 0 Å². The second-order valence-corrected chi connectivity index (χ2v) is 3.64. The van der Waals surface area contributed by atoms with Crippen LogP contribution in [0.1, 0.15) is 33.6 Å². The first-order chi connectivity index (χ1) is 4.95. The number of aliphatic hydroxyl groups is 1. The Morgan fingerprint density at radius 1 is 1.55 bits per heavy atom. The topological polar surface area (TPSA) is 46.2 Å². The van der Waals surface area contributed by atoms with E-state index in [2.05, 4.69) is 0 Å². The molecule has 0 fully saturated rings. The van der Waals surface area contributed by atoms with Gasteiger partial charge in [-0.25, -0.2) is 0 Å². The van der Waals surface area contributed by atoms with Gasteiger partial charge < -0.3 is 10.8 Å². The molecule has 0 aromatic rings. The number of aliphatic hydroxyl groups excluding tert-OH is 1. The van der Waals surface area contributed by atoms with Gasteiger partial charge in [0.05, 0.1) is 0 Å². The average Bonchev–Trinajstić information content (AvgIpc) is 1.79. The quantitative estimate of drug-likeness (QED) is 0.607. The zero-order valence-electron chi connectivity index (χ0n) is 7.72. The Balaban J connectivity index is 3.81. The lowest BCUT2D eigenvalue weighted by Gasteiger charge is -2.14. The Morgan fingerprint density at radius 3 is 2.45 bits per heavy atom. The number of hydrogen-bond acceptors (Lipinski definition) is 2. The molecule has 0 heterocycles. The van der Waals surface area contributed by atoms with E-state index in [0.29, 0.717) is 0 Å². The van der Waals surface area contributed by atoms with Crippen molar-refractivity contribution in [2.75, 3.05) is 6.61 Å². The van der Waals surface area contributed by atoms with E-state index in [1.807, 2.05) is 26.8 Å². The average molecular weight is 157 g/mol. The van der Waals surface area contributed by atoms with E-state index in [1.165, 1.54) is 5.57 Å². The van der Waals surface area contributed by atoms with Gasteiger partial charge in [0.15, 0.2) is 0 Å². The van der Waals surface area contributed by atoms with Gasteiger partial charge in [-0.15, -0.1) is 0 Å². The van der Waals surface area contributed by atoms with Crippen LogP contribution in [-0.2, 0) is 0 Å². The van der Waals surface area contributed by atoms with Crippen molar-refractivity contribution in [1.29, 1.82) is 0 Å². The second-order valence-electron chi connectivity index (χ2n) is 3.64. The summed E-state index contributed by atoms with van der Waals surface area (Å²) in [6.45, 7) is 6.24. The Hall–Kier alpha value is -0.340. The second kappa shape index (κ2) is 4.52. The monoisotopic (exact) mass is 157 g/mol. The molecule has 2 nitrogen and oxygen atoms in total. The number of rotatable bonds is 4. The van der Waals surface area contributed by atoms with Crippen molar-refractivity contribution >= 4 is 0 Å². The van der Waals surface area contributed by atoms with E-state index in [4.69, 9.17) is 10.8 Å². The Labute approximate surface area is 69.1 Å². The summed E-state index contributed by atoms with van der Waals surface area (Å²) in [6, 6.07) is 0. The van der Waals surface area contributed by atoms with Crippen LogP contribution in [-0.4, -0.2) is 17.3 Å². The normalized spacial score (nSPS) is 13.7. The van der Waals surface area contributed by atoms with Crippen molar-refractivity contribution in [2.24, 2.45) is 5.73 Å². The van der Waals surface area contributed by atoms with Gasteiger partial charge in [-0.1, -0.05) is 11.6 Å². The molecular weight excluding hydrogens is 138 g/mol. The van der Waals surface area contributed by atoms with Gasteiger partial charge >= 0.3 is 0 Å². The summed E-state index contributed by atoms with van der Waals surface area (Å²) in [5.74, 6) is 0. The molecule has 0 aliphatic carbocycles. The summed E-state index contributed by atoms with van der Waals surface area (Å²) in [5, 5.41) is 8.55. The van der Waals surface area contributed by atoms with Crippen LogP contribution >= 0.6 is 0 Å². The molecule has 0 rings (SSSR count). The summed E-state index contributed by atoms with van der Waals surface area (Å²) in [6.07, 6.45) is 3.82. The fourth-order valence-corrected chi connectivity index (χ4v) is 1.07. The minimum Gasteiger partial charge on any atom is -0.396 e. The van der Waals surface area contributed by atoms with Gasteiger partial charge in [0.25, 0.3) is 0 Å². The smallest absolute Gasteiger partial charge is 0.0434 e. The number of nitrogens with two attached hydrogens (primary N) is 1. The predicted octanol–water partition coefficient (Wildman–Crippen LogP) is 1.44. The molecule has 0 saturated heterocycles. The van der Waals surface area contributed by atoms with E-state index in [1.54, 1.807) is 0 Å². The lowest BCUT2D eigenvalue weighted by Crippen LogP contribution is -2.29. The van der Waals surface area contributed by atoms with E-state index >= 15 is 0 Å². The molecule has 0 bridgehead atoms. The van der Waals surface area contributed by atoms with Crippen LogP contribution in [0.4, 0.5) is 0 Å². The van der Waals surface area contributed by atoms with Crippen LogP contribution < -0.4 is 5.73 Å². The molecule has 0 amide bonds. The molecule has 0 unspecified atom stereocenters. The lowest BCUT2D eigenvalue weighted by atomic mass is 10.0. The van der Waals surface area contributed by atoms with Gasteiger partial charge in [0.2, 0.25) is 0 Å². The molecule has 0 saturated carbocycles. The van der Waals surface area contributed by atoms with Gasteiger partial charge in [0, 0.05) is 12.1 Å². The minimum atomic E-state index is -0.223. The zero-order chi connectivity index (χ0) is 8.91. The summed E-state index contributed by atoms with van der Waals surface area (Å²) in [4.78, 5) is 0. The zero-order valence-corrected chi connectivity index (χ0v) is 7.72. The maximum absolute atomic E-state index is 8.55. The number of hydrogen-bond donors (Lipinski definition) is 2. The van der Waals surface area contributed by atoms with Crippen LogP contribution in [0.5, 0.6) is 0 Å². The van der Waals surface area contributed by atoms with Gasteiger partial charge in [-0.05, 0) is 33.6 Å². The third-order valence-corrected chi connectivity index (χ3v) is 1.35. The Kier molecular flexibility index (Phi) is 4.38. The largest absolute Gasteiger partial charge is 0.396 e. The molecule has 3 N–H and O–H groups in total. The van der Waals surface area contributed by atoms with Crippen molar-refractivity contribution in [1.82, 2.24) is 0 Å². The van der Waals surface area contributed by atoms with E-state index in [-0.39, 0.29) is 12.1 Å². The highest BCUT2D eigenvalue weighted by Crippen LogP contribution is 2.09. The first-order valence-electron chi connectivity index (χ1n) is 4.04. The summed E-state index contributed by atoms with van der Waals surface area (Å²) < 4.78 is 0. The molecular formula is C9H19NO. The highest BCUT2D eigenvalue weighted by molar-refractivity contribution is 5.07. The fourth-order valence-electron chi connectivity index (χ4n) is 1.07. The molecule has 0 atom stereocenters. The third kappa shape index (κ3) is 7.56. The minimum absolute atomic E-state index is 0.223. The van der Waals surface area contributed by atoms with Crippen molar-refractivity contribution in [2.45, 2.75) is 39.2 Å². The van der Waals surface area contributed by atoms with E-state index in [0.717, 1.165) is 12.8 Å². The Morgan fingerprint density at radius 2 is 2.09 bits per heavy atom. The first-order valence-corrected chi connectivity index (χ1v) is 4.04. The van der Waals surface area contributed by atoms with Crippen LogP contribution in [0.25, 0.3) is 0 Å². The van der Waals surface area contributed by atoms with Crippen molar-refractivity contribution in [3.05, 3.63) is 11.6 Å². The molecule has 0 aliphatic heterocycles. The van der Waals surface area contributed by atoms with Gasteiger partial charge in [0.1, 0.15) is 0 Å².